The van der Waals surface area contributed by atoms with Gasteiger partial charge in [0.15, 0.2) is 5.78 Å². The van der Waals surface area contributed by atoms with E-state index in [-0.39, 0.29) is 5.41 Å². The first-order chi connectivity index (χ1) is 8.97. The Morgan fingerprint density at radius 1 is 1.16 bits per heavy atom. The Morgan fingerprint density at radius 2 is 1.74 bits per heavy atom. The molecule has 104 valence electrons. The number of ketones is 1. The molecule has 0 atom stereocenters. The Kier molecular flexibility index (Phi) is 4.72. The topological polar surface area (TPSA) is 17.1 Å². The highest BCUT2D eigenvalue weighted by atomic mass is 32.2. The molecule has 19 heavy (non-hydrogen) atoms. The minimum absolute atomic E-state index is 0.155. The van der Waals surface area contributed by atoms with Crippen LogP contribution in [0.5, 0.6) is 0 Å². The third kappa shape index (κ3) is 4.10. The second-order valence-corrected chi connectivity index (χ2v) is 7.74. The molecule has 0 aromatic heterocycles. The minimum atomic E-state index is 0.155. The zero-order valence-electron chi connectivity index (χ0n) is 12.2. The molecule has 0 radical (unpaired) electrons. The molecule has 1 saturated heterocycles. The lowest BCUT2D eigenvalue weighted by molar-refractivity contribution is 0.0958. The van der Waals surface area contributed by atoms with Crippen LogP contribution in [0.25, 0.3) is 0 Å². The van der Waals surface area contributed by atoms with Gasteiger partial charge in [0.2, 0.25) is 0 Å². The Balaban J connectivity index is 1.99. The van der Waals surface area contributed by atoms with Gasteiger partial charge in [-0.1, -0.05) is 45.0 Å². The molecule has 2 heteroatoms. The summed E-state index contributed by atoms with van der Waals surface area (Å²) in [5.74, 6) is 3.37. The van der Waals surface area contributed by atoms with Crippen molar-refractivity contribution in [2.24, 2.45) is 5.92 Å². The van der Waals surface area contributed by atoms with Crippen LogP contribution in [0.15, 0.2) is 24.3 Å². The van der Waals surface area contributed by atoms with E-state index in [4.69, 9.17) is 0 Å². The van der Waals surface area contributed by atoms with Gasteiger partial charge in [-0.05, 0) is 41.2 Å². The third-order valence-corrected chi connectivity index (χ3v) is 4.94. The van der Waals surface area contributed by atoms with E-state index in [0.717, 1.165) is 12.0 Å². The predicted octanol–water partition coefficient (Wildman–Crippen LogP) is 4.70. The normalized spacial score (nSPS) is 17.4. The highest BCUT2D eigenvalue weighted by molar-refractivity contribution is 7.99. The van der Waals surface area contributed by atoms with Crippen molar-refractivity contribution in [1.29, 1.82) is 0 Å². The first-order valence-corrected chi connectivity index (χ1v) is 8.34. The molecule has 0 saturated carbocycles. The van der Waals surface area contributed by atoms with Gasteiger partial charge >= 0.3 is 0 Å². The molecule has 0 N–H and O–H groups in total. The fourth-order valence-electron chi connectivity index (χ4n) is 2.49. The van der Waals surface area contributed by atoms with E-state index in [1.807, 2.05) is 23.9 Å². The molecule has 0 amide bonds. The highest BCUT2D eigenvalue weighted by Crippen LogP contribution is 2.27. The van der Waals surface area contributed by atoms with E-state index in [9.17, 15) is 4.79 Å². The van der Waals surface area contributed by atoms with E-state index in [1.54, 1.807) is 0 Å². The molecule has 1 fully saturated rings. The average molecular weight is 276 g/mol. The van der Waals surface area contributed by atoms with Crippen molar-refractivity contribution in [2.75, 3.05) is 11.5 Å². The summed E-state index contributed by atoms with van der Waals surface area (Å²) in [4.78, 5) is 12.3. The maximum absolute atomic E-state index is 12.3. The lowest BCUT2D eigenvalue weighted by Gasteiger charge is -2.21. The van der Waals surface area contributed by atoms with Crippen molar-refractivity contribution >= 4 is 17.5 Å². The van der Waals surface area contributed by atoms with Crippen LogP contribution in [-0.2, 0) is 5.41 Å². The number of Topliss-reactive ketones (excluding diaryl/α,β-unsaturated/α-hetero) is 1. The van der Waals surface area contributed by atoms with Gasteiger partial charge in [-0.3, -0.25) is 4.79 Å². The van der Waals surface area contributed by atoms with Crippen molar-refractivity contribution < 1.29 is 4.79 Å². The minimum Gasteiger partial charge on any atom is -0.294 e. The summed E-state index contributed by atoms with van der Waals surface area (Å²) >= 11 is 2.01. The summed E-state index contributed by atoms with van der Waals surface area (Å²) in [6, 6.07) is 8.20. The van der Waals surface area contributed by atoms with Crippen LogP contribution in [0.4, 0.5) is 0 Å². The van der Waals surface area contributed by atoms with Crippen molar-refractivity contribution in [3.63, 3.8) is 0 Å². The van der Waals surface area contributed by atoms with E-state index in [2.05, 4.69) is 32.9 Å². The second kappa shape index (κ2) is 6.13. The van der Waals surface area contributed by atoms with Gasteiger partial charge in [0.05, 0.1) is 0 Å². The smallest absolute Gasteiger partial charge is 0.163 e. The first-order valence-electron chi connectivity index (χ1n) is 7.18. The molecule has 1 aliphatic heterocycles. The van der Waals surface area contributed by atoms with Crippen LogP contribution in [0.3, 0.4) is 0 Å². The largest absolute Gasteiger partial charge is 0.294 e. The Hall–Kier alpha value is -0.760. The fraction of sp³-hybridized carbons (Fsp3) is 0.588. The van der Waals surface area contributed by atoms with E-state index < -0.39 is 0 Å². The van der Waals surface area contributed by atoms with E-state index in [0.29, 0.717) is 11.7 Å². The molecule has 0 bridgehead atoms. The molecular formula is C17H24OS. The lowest BCUT2D eigenvalue weighted by Crippen LogP contribution is -2.15. The number of rotatable bonds is 3. The number of hydrogen-bond donors (Lipinski definition) is 0. The number of thioether (sulfide) groups is 1. The van der Waals surface area contributed by atoms with Crippen LogP contribution < -0.4 is 0 Å². The average Bonchev–Trinajstić information content (AvgIpc) is 2.39. The van der Waals surface area contributed by atoms with Crippen molar-refractivity contribution in [3.05, 3.63) is 35.4 Å². The maximum atomic E-state index is 12.3. The summed E-state index contributed by atoms with van der Waals surface area (Å²) in [6.45, 7) is 6.59. The molecule has 0 aliphatic carbocycles. The van der Waals surface area contributed by atoms with Crippen molar-refractivity contribution in [3.8, 4) is 0 Å². The van der Waals surface area contributed by atoms with Crippen molar-refractivity contribution in [2.45, 2.75) is 45.4 Å². The molecule has 1 nitrogen and oxygen atoms in total. The Labute approximate surface area is 121 Å². The van der Waals surface area contributed by atoms with Crippen LogP contribution in [0, 0.1) is 5.92 Å². The monoisotopic (exact) mass is 276 g/mol. The summed E-state index contributed by atoms with van der Waals surface area (Å²) in [5.41, 5.74) is 2.33. The van der Waals surface area contributed by atoms with Gasteiger partial charge in [0.25, 0.3) is 0 Å². The molecular weight excluding hydrogens is 252 g/mol. The molecule has 1 aromatic carbocycles. The van der Waals surface area contributed by atoms with E-state index in [1.165, 1.54) is 29.9 Å². The predicted molar refractivity (Wildman–Crippen MR) is 84.1 cm³/mol. The molecule has 1 aliphatic rings. The second-order valence-electron chi connectivity index (χ2n) is 6.51. The zero-order chi connectivity index (χ0) is 13.9. The van der Waals surface area contributed by atoms with E-state index >= 15 is 0 Å². The third-order valence-electron chi connectivity index (χ3n) is 3.89. The van der Waals surface area contributed by atoms with Gasteiger partial charge in [-0.15, -0.1) is 0 Å². The lowest BCUT2D eigenvalue weighted by atomic mass is 9.86. The quantitative estimate of drug-likeness (QED) is 0.744. The molecule has 1 aromatic rings. The highest BCUT2D eigenvalue weighted by Gasteiger charge is 2.19. The summed E-state index contributed by atoms with van der Waals surface area (Å²) in [6.07, 6.45) is 3.14. The number of carbonyl (C=O) groups is 1. The Morgan fingerprint density at radius 3 is 2.26 bits per heavy atom. The Bertz CT molecular complexity index is 422. The molecule has 0 spiro atoms. The fourth-order valence-corrected chi connectivity index (χ4v) is 3.69. The standard InChI is InChI=1S/C17H24OS/c1-17(2,3)15-6-4-14(5-7-15)16(18)12-13-8-10-19-11-9-13/h4-7,13H,8-12H2,1-3H3. The maximum Gasteiger partial charge on any atom is 0.163 e. The van der Waals surface area contributed by atoms with Gasteiger partial charge in [-0.2, -0.15) is 11.8 Å². The summed E-state index contributed by atoms with van der Waals surface area (Å²) in [7, 11) is 0. The number of hydrogen-bond acceptors (Lipinski definition) is 2. The van der Waals surface area contributed by atoms with Crippen LogP contribution >= 0.6 is 11.8 Å². The number of carbonyl (C=O) groups excluding carboxylic acids is 1. The number of benzene rings is 1. The van der Waals surface area contributed by atoms with Gasteiger partial charge in [0.1, 0.15) is 0 Å². The molecule has 1 heterocycles. The van der Waals surface area contributed by atoms with Gasteiger partial charge < -0.3 is 0 Å². The summed E-state index contributed by atoms with van der Waals surface area (Å²) in [5, 5.41) is 0. The zero-order valence-corrected chi connectivity index (χ0v) is 13.1. The first kappa shape index (κ1) is 14.6. The molecule has 2 rings (SSSR count). The SMILES string of the molecule is CC(C)(C)c1ccc(C(=O)CC2CCSCC2)cc1. The van der Waals surface area contributed by atoms with Crippen LogP contribution in [0.1, 0.15) is 56.0 Å². The molecule has 0 unspecified atom stereocenters. The summed E-state index contributed by atoms with van der Waals surface area (Å²) < 4.78 is 0. The van der Waals surface area contributed by atoms with Crippen molar-refractivity contribution in [1.82, 2.24) is 0 Å². The van der Waals surface area contributed by atoms with Gasteiger partial charge in [0, 0.05) is 12.0 Å². The van der Waals surface area contributed by atoms with Crippen LogP contribution in [0.2, 0.25) is 0 Å². The van der Waals surface area contributed by atoms with Gasteiger partial charge in [-0.25, -0.2) is 0 Å². The van der Waals surface area contributed by atoms with Crippen LogP contribution in [-0.4, -0.2) is 17.3 Å².